The molecule has 1 unspecified atom stereocenters. The lowest BCUT2D eigenvalue weighted by molar-refractivity contribution is -0.384. The minimum Gasteiger partial charge on any atom is -0.394 e. The number of nitrogens with one attached hydrogen (secondary N) is 1. The van der Waals surface area contributed by atoms with Crippen molar-refractivity contribution in [2.24, 2.45) is 0 Å². The lowest BCUT2D eigenvalue weighted by atomic mass is 10.2. The molecule has 1 aromatic rings. The number of rotatable bonds is 5. The summed E-state index contributed by atoms with van der Waals surface area (Å²) in [4.78, 5) is 16.9. The highest BCUT2D eigenvalue weighted by Gasteiger charge is 2.26. The smallest absolute Gasteiger partial charge is 0.276 e. The van der Waals surface area contributed by atoms with Crippen LogP contribution in [0.2, 0.25) is 0 Å². The molecule has 1 aliphatic rings. The predicted octanol–water partition coefficient (Wildman–Crippen LogP) is 1.38. The zero-order valence-corrected chi connectivity index (χ0v) is 10.9. The van der Waals surface area contributed by atoms with Crippen molar-refractivity contribution in [1.82, 2.24) is 4.98 Å². The van der Waals surface area contributed by atoms with E-state index in [-0.39, 0.29) is 18.3 Å². The number of pyridine rings is 1. The molecule has 2 heterocycles. The van der Waals surface area contributed by atoms with Crippen molar-refractivity contribution < 1.29 is 10.0 Å². The first-order chi connectivity index (χ1) is 9.15. The maximum Gasteiger partial charge on any atom is 0.276 e. The number of nitrogens with zero attached hydrogens (tertiary/aromatic N) is 3. The van der Waals surface area contributed by atoms with E-state index in [1.54, 1.807) is 0 Å². The lowest BCUT2D eigenvalue weighted by Crippen LogP contribution is -2.32. The Morgan fingerprint density at radius 3 is 3.05 bits per heavy atom. The highest BCUT2D eigenvalue weighted by Crippen LogP contribution is 2.28. The Balaban J connectivity index is 2.35. The zero-order chi connectivity index (χ0) is 13.8. The summed E-state index contributed by atoms with van der Waals surface area (Å²) >= 11 is 0. The van der Waals surface area contributed by atoms with Crippen molar-refractivity contribution in [2.45, 2.75) is 25.8 Å². The van der Waals surface area contributed by atoms with Crippen LogP contribution in [0.5, 0.6) is 0 Å². The Morgan fingerprint density at radius 1 is 1.63 bits per heavy atom. The van der Waals surface area contributed by atoms with Gasteiger partial charge in [-0.15, -0.1) is 0 Å². The summed E-state index contributed by atoms with van der Waals surface area (Å²) in [7, 11) is 0. The third-order valence-corrected chi connectivity index (χ3v) is 3.25. The maximum absolute atomic E-state index is 11.0. The molecule has 7 nitrogen and oxygen atoms in total. The van der Waals surface area contributed by atoms with E-state index in [9.17, 15) is 15.2 Å². The van der Waals surface area contributed by atoms with Gasteiger partial charge in [0.05, 0.1) is 29.7 Å². The number of aromatic nitrogens is 1. The third kappa shape index (κ3) is 2.93. The van der Waals surface area contributed by atoms with Crippen molar-refractivity contribution in [3.05, 3.63) is 22.2 Å². The summed E-state index contributed by atoms with van der Waals surface area (Å²) in [6.07, 6.45) is 1.85. The topological polar surface area (TPSA) is 91.5 Å². The van der Waals surface area contributed by atoms with E-state index in [0.717, 1.165) is 19.4 Å². The fourth-order valence-corrected chi connectivity index (χ4v) is 2.35. The standard InChI is InChI=1S/C12H18N4O3/c1-2-13-11-6-10(16(18)19)7-12(14-11)15-5-3-4-9(15)8-17/h6-7,9,17H,2-5,8H2,1H3,(H,13,14). The van der Waals surface area contributed by atoms with Crippen molar-refractivity contribution in [3.63, 3.8) is 0 Å². The second kappa shape index (κ2) is 5.83. The van der Waals surface area contributed by atoms with Crippen molar-refractivity contribution >= 4 is 17.3 Å². The number of hydrogen-bond acceptors (Lipinski definition) is 6. The van der Waals surface area contributed by atoms with Gasteiger partial charge in [0.1, 0.15) is 11.6 Å². The maximum atomic E-state index is 11.0. The van der Waals surface area contributed by atoms with Gasteiger partial charge in [-0.05, 0) is 19.8 Å². The van der Waals surface area contributed by atoms with Crippen LogP contribution in [-0.4, -0.2) is 40.8 Å². The molecular weight excluding hydrogens is 248 g/mol. The summed E-state index contributed by atoms with van der Waals surface area (Å²) in [6, 6.07) is 2.90. The third-order valence-electron chi connectivity index (χ3n) is 3.25. The highest BCUT2D eigenvalue weighted by atomic mass is 16.6. The summed E-state index contributed by atoms with van der Waals surface area (Å²) in [5.41, 5.74) is 0.0181. The molecule has 2 N–H and O–H groups in total. The van der Waals surface area contributed by atoms with Crippen molar-refractivity contribution in [2.75, 3.05) is 29.9 Å². The first-order valence-corrected chi connectivity index (χ1v) is 6.43. The van der Waals surface area contributed by atoms with Gasteiger partial charge in [0, 0.05) is 13.1 Å². The molecule has 7 heteroatoms. The average molecular weight is 266 g/mol. The minimum atomic E-state index is -0.421. The first-order valence-electron chi connectivity index (χ1n) is 6.43. The number of anilines is 2. The quantitative estimate of drug-likeness (QED) is 0.618. The molecule has 2 rings (SSSR count). The lowest BCUT2D eigenvalue weighted by Gasteiger charge is -2.24. The van der Waals surface area contributed by atoms with E-state index in [2.05, 4.69) is 10.3 Å². The van der Waals surface area contributed by atoms with E-state index < -0.39 is 4.92 Å². The predicted molar refractivity (Wildman–Crippen MR) is 72.5 cm³/mol. The molecule has 1 fully saturated rings. The van der Waals surface area contributed by atoms with Crippen molar-refractivity contribution in [1.29, 1.82) is 0 Å². The zero-order valence-electron chi connectivity index (χ0n) is 10.9. The van der Waals surface area contributed by atoms with E-state index >= 15 is 0 Å². The van der Waals surface area contributed by atoms with Crippen LogP contribution in [0.1, 0.15) is 19.8 Å². The Morgan fingerprint density at radius 2 is 2.42 bits per heavy atom. The largest absolute Gasteiger partial charge is 0.394 e. The molecule has 104 valence electrons. The average Bonchev–Trinajstić information content (AvgIpc) is 2.87. The molecule has 1 atom stereocenters. The van der Waals surface area contributed by atoms with Gasteiger partial charge in [-0.3, -0.25) is 10.1 Å². The van der Waals surface area contributed by atoms with E-state index in [0.29, 0.717) is 18.2 Å². The molecular formula is C12H18N4O3. The Hall–Kier alpha value is -1.89. The van der Waals surface area contributed by atoms with Crippen LogP contribution >= 0.6 is 0 Å². The molecule has 0 spiro atoms. The van der Waals surface area contributed by atoms with Crippen LogP contribution in [0, 0.1) is 10.1 Å². The summed E-state index contributed by atoms with van der Waals surface area (Å²) in [6.45, 7) is 3.37. The Bertz CT molecular complexity index is 466. The molecule has 0 amide bonds. The fourth-order valence-electron chi connectivity index (χ4n) is 2.35. The number of aliphatic hydroxyl groups excluding tert-OH is 1. The van der Waals surface area contributed by atoms with Gasteiger partial charge in [0.15, 0.2) is 0 Å². The van der Waals surface area contributed by atoms with Gasteiger partial charge in [0.25, 0.3) is 5.69 Å². The molecule has 19 heavy (non-hydrogen) atoms. The minimum absolute atomic E-state index is 0.00369. The Labute approximate surface area is 111 Å². The van der Waals surface area contributed by atoms with Crippen LogP contribution < -0.4 is 10.2 Å². The molecule has 0 aliphatic carbocycles. The summed E-state index contributed by atoms with van der Waals surface area (Å²) in [5, 5.41) is 23.3. The summed E-state index contributed by atoms with van der Waals surface area (Å²) < 4.78 is 0. The highest BCUT2D eigenvalue weighted by molar-refractivity contribution is 5.56. The molecule has 1 saturated heterocycles. The number of aliphatic hydroxyl groups is 1. The van der Waals surface area contributed by atoms with Gasteiger partial charge >= 0.3 is 0 Å². The molecule has 0 radical (unpaired) electrons. The van der Waals surface area contributed by atoms with Crippen LogP contribution in [-0.2, 0) is 0 Å². The van der Waals surface area contributed by atoms with Gasteiger partial charge in [-0.2, -0.15) is 0 Å². The second-order valence-electron chi connectivity index (χ2n) is 4.53. The monoisotopic (exact) mass is 266 g/mol. The molecule has 1 aromatic heterocycles. The van der Waals surface area contributed by atoms with Gasteiger partial charge in [-0.1, -0.05) is 0 Å². The number of nitro groups is 1. The SMILES string of the molecule is CCNc1cc([N+](=O)[O-])cc(N2CCCC2CO)n1. The van der Waals surface area contributed by atoms with Crippen LogP contribution in [0.15, 0.2) is 12.1 Å². The van der Waals surface area contributed by atoms with Crippen LogP contribution in [0.3, 0.4) is 0 Å². The Kier molecular flexibility index (Phi) is 4.16. The number of hydrogen-bond donors (Lipinski definition) is 2. The second-order valence-corrected chi connectivity index (χ2v) is 4.53. The van der Waals surface area contributed by atoms with Crippen LogP contribution in [0.25, 0.3) is 0 Å². The normalized spacial score (nSPS) is 18.6. The van der Waals surface area contributed by atoms with Gasteiger partial charge < -0.3 is 15.3 Å². The van der Waals surface area contributed by atoms with Gasteiger partial charge in [-0.25, -0.2) is 4.98 Å². The van der Waals surface area contributed by atoms with E-state index in [4.69, 9.17) is 0 Å². The first kappa shape index (κ1) is 13.5. The molecule has 0 saturated carbocycles. The summed E-state index contributed by atoms with van der Waals surface area (Å²) in [5.74, 6) is 1.05. The van der Waals surface area contributed by atoms with Crippen molar-refractivity contribution in [3.8, 4) is 0 Å². The molecule has 0 aromatic carbocycles. The van der Waals surface area contributed by atoms with Crippen LogP contribution in [0.4, 0.5) is 17.3 Å². The van der Waals surface area contributed by atoms with Gasteiger partial charge in [0.2, 0.25) is 0 Å². The van der Waals surface area contributed by atoms with E-state index in [1.807, 2.05) is 11.8 Å². The molecule has 1 aliphatic heterocycles. The molecule has 0 bridgehead atoms. The van der Waals surface area contributed by atoms with E-state index in [1.165, 1.54) is 12.1 Å². The fraction of sp³-hybridized carbons (Fsp3) is 0.583.